The lowest BCUT2D eigenvalue weighted by molar-refractivity contribution is -0.117. The fraction of sp³-hybridized carbons (Fsp3) is 0.182. The number of imide groups is 1. The minimum atomic E-state index is -0.922. The predicted octanol–water partition coefficient (Wildman–Crippen LogP) is 1.97. The highest BCUT2D eigenvalue weighted by atomic mass is 79.9. The van der Waals surface area contributed by atoms with Crippen molar-refractivity contribution in [2.45, 2.75) is 4.95 Å². The summed E-state index contributed by atoms with van der Waals surface area (Å²) in [5.74, 6) is -1.16. The number of Topliss-reactive ketones (excluding diaryl/α,β-unsaturated/α-hetero) is 1. The second-order valence-electron chi connectivity index (χ2n) is 3.46. The van der Waals surface area contributed by atoms with Crippen molar-refractivity contribution in [3.05, 3.63) is 35.4 Å². The molecule has 0 saturated heterocycles. The van der Waals surface area contributed by atoms with E-state index in [1.807, 2.05) is 0 Å². The molecule has 2 amide bonds. The normalized spacial score (nSPS) is 16.0. The number of alkyl halides is 2. The summed E-state index contributed by atoms with van der Waals surface area (Å²) in [6.07, 6.45) is 0. The largest absolute Gasteiger partial charge is 0.295 e. The molecule has 0 bridgehead atoms. The first-order valence-corrected chi connectivity index (χ1v) is 6.81. The van der Waals surface area contributed by atoms with E-state index >= 15 is 0 Å². The topological polar surface area (TPSA) is 54.5 Å². The van der Waals surface area contributed by atoms with Gasteiger partial charge in [0.25, 0.3) is 11.8 Å². The van der Waals surface area contributed by atoms with E-state index in [2.05, 4.69) is 31.9 Å². The van der Waals surface area contributed by atoms with Gasteiger partial charge in [0.1, 0.15) is 0 Å². The van der Waals surface area contributed by atoms with Crippen LogP contribution < -0.4 is 0 Å². The van der Waals surface area contributed by atoms with Crippen molar-refractivity contribution < 1.29 is 14.4 Å². The third-order valence-corrected chi connectivity index (χ3v) is 3.92. The van der Waals surface area contributed by atoms with E-state index in [-0.39, 0.29) is 11.1 Å². The van der Waals surface area contributed by atoms with Crippen molar-refractivity contribution >= 4 is 49.5 Å². The van der Waals surface area contributed by atoms with E-state index in [1.165, 1.54) is 0 Å². The summed E-state index contributed by atoms with van der Waals surface area (Å²) in [6.45, 7) is 0. The molecule has 17 heavy (non-hydrogen) atoms. The number of nitrogens with zero attached hydrogens (tertiary/aromatic N) is 1. The number of hydrogen-bond donors (Lipinski definition) is 0. The van der Waals surface area contributed by atoms with Gasteiger partial charge in [0.2, 0.25) is 0 Å². The van der Waals surface area contributed by atoms with Gasteiger partial charge in [-0.3, -0.25) is 19.3 Å². The van der Waals surface area contributed by atoms with E-state index in [4.69, 9.17) is 0 Å². The highest BCUT2D eigenvalue weighted by molar-refractivity contribution is 9.10. The maximum atomic E-state index is 12.0. The molecule has 6 heteroatoms. The first kappa shape index (κ1) is 12.4. The van der Waals surface area contributed by atoms with Crippen molar-refractivity contribution in [3.8, 4) is 0 Å². The zero-order valence-corrected chi connectivity index (χ0v) is 11.7. The molecule has 1 atom stereocenters. The van der Waals surface area contributed by atoms with Crippen LogP contribution in [0.2, 0.25) is 0 Å². The second kappa shape index (κ2) is 4.70. The van der Waals surface area contributed by atoms with Crippen LogP contribution in [0, 0.1) is 0 Å². The number of benzene rings is 1. The Morgan fingerprint density at radius 3 is 2.06 bits per heavy atom. The minimum Gasteiger partial charge on any atom is -0.295 e. The number of carbonyl (C=O) groups is 3. The molecule has 0 spiro atoms. The van der Waals surface area contributed by atoms with Gasteiger partial charge in [-0.05, 0) is 12.1 Å². The molecule has 1 aliphatic rings. The lowest BCUT2D eigenvalue weighted by Crippen LogP contribution is -2.41. The van der Waals surface area contributed by atoms with Crippen LogP contribution in [0.1, 0.15) is 20.7 Å². The molecule has 0 aromatic heterocycles. The number of halogens is 2. The third-order valence-electron chi connectivity index (χ3n) is 2.45. The molecule has 4 nitrogen and oxygen atoms in total. The molecule has 1 aromatic carbocycles. The maximum Gasteiger partial charge on any atom is 0.262 e. The average Bonchev–Trinajstić information content (AvgIpc) is 2.61. The van der Waals surface area contributed by atoms with Crippen LogP contribution in [0.15, 0.2) is 24.3 Å². The number of hydrogen-bond acceptors (Lipinski definition) is 3. The third kappa shape index (κ3) is 1.95. The zero-order valence-electron chi connectivity index (χ0n) is 8.52. The molecule has 1 aromatic rings. The van der Waals surface area contributed by atoms with Gasteiger partial charge >= 0.3 is 0 Å². The van der Waals surface area contributed by atoms with E-state index in [0.29, 0.717) is 11.1 Å². The van der Waals surface area contributed by atoms with Gasteiger partial charge in [-0.25, -0.2) is 0 Å². The molecule has 0 saturated carbocycles. The van der Waals surface area contributed by atoms with E-state index < -0.39 is 16.8 Å². The van der Waals surface area contributed by atoms with Gasteiger partial charge in [0, 0.05) is 0 Å². The van der Waals surface area contributed by atoms with E-state index in [1.54, 1.807) is 24.3 Å². The second-order valence-corrected chi connectivity index (χ2v) is 4.89. The molecular formula is C11H7Br2NO3. The zero-order chi connectivity index (χ0) is 12.6. The number of carbonyl (C=O) groups excluding carboxylic acids is 3. The summed E-state index contributed by atoms with van der Waals surface area (Å²) in [6, 6.07) is 6.52. The Bertz CT molecular complexity index is 480. The standard InChI is InChI=1S/C11H7Br2NO3/c12-5-8(15)9(13)14-10(16)6-3-1-2-4-7(6)11(14)17/h1-4,9H,5H2. The van der Waals surface area contributed by atoms with Gasteiger partial charge in [0.05, 0.1) is 16.5 Å². The highest BCUT2D eigenvalue weighted by Crippen LogP contribution is 2.26. The Hall–Kier alpha value is -1.01. The van der Waals surface area contributed by atoms with E-state index in [0.717, 1.165) is 4.90 Å². The monoisotopic (exact) mass is 359 g/mol. The van der Waals surface area contributed by atoms with Crippen molar-refractivity contribution in [1.82, 2.24) is 4.90 Å². The van der Waals surface area contributed by atoms with Crippen LogP contribution >= 0.6 is 31.9 Å². The van der Waals surface area contributed by atoms with Crippen LogP contribution in [-0.4, -0.2) is 32.8 Å². The number of fused-ring (bicyclic) bond motifs is 1. The number of ketones is 1. The smallest absolute Gasteiger partial charge is 0.262 e. The number of rotatable bonds is 3. The summed E-state index contributed by atoms with van der Waals surface area (Å²) < 4.78 is 0. The first-order chi connectivity index (χ1) is 8.07. The van der Waals surface area contributed by atoms with Crippen molar-refractivity contribution in [2.75, 3.05) is 5.33 Å². The molecule has 1 aliphatic heterocycles. The summed E-state index contributed by atoms with van der Waals surface area (Å²) in [4.78, 5) is 35.5. The molecule has 0 fully saturated rings. The molecular weight excluding hydrogens is 354 g/mol. The fourth-order valence-corrected chi connectivity index (χ4v) is 2.90. The SMILES string of the molecule is O=C(CBr)C(Br)N1C(=O)c2ccccc2C1=O. The molecule has 1 unspecified atom stereocenters. The summed E-state index contributed by atoms with van der Waals surface area (Å²) >= 11 is 6.08. The minimum absolute atomic E-state index is 0.0797. The van der Waals surface area contributed by atoms with Crippen molar-refractivity contribution in [1.29, 1.82) is 0 Å². The molecule has 0 N–H and O–H groups in total. The van der Waals surface area contributed by atoms with Crippen LogP contribution in [0.4, 0.5) is 0 Å². The van der Waals surface area contributed by atoms with Gasteiger partial charge < -0.3 is 0 Å². The lowest BCUT2D eigenvalue weighted by atomic mass is 10.1. The molecule has 1 heterocycles. The molecule has 2 rings (SSSR count). The molecule has 88 valence electrons. The Labute approximate surface area is 114 Å². The van der Waals surface area contributed by atoms with Gasteiger partial charge in [-0.15, -0.1) is 0 Å². The lowest BCUT2D eigenvalue weighted by Gasteiger charge is -2.18. The first-order valence-electron chi connectivity index (χ1n) is 4.77. The summed E-state index contributed by atoms with van der Waals surface area (Å²) in [5.41, 5.74) is 0.675. The quantitative estimate of drug-likeness (QED) is 0.470. The Morgan fingerprint density at radius 2 is 1.65 bits per heavy atom. The molecule has 0 radical (unpaired) electrons. The molecule has 0 aliphatic carbocycles. The van der Waals surface area contributed by atoms with Gasteiger partial charge in [-0.2, -0.15) is 0 Å². The summed E-state index contributed by atoms with van der Waals surface area (Å²) in [7, 11) is 0. The average molecular weight is 361 g/mol. The predicted molar refractivity (Wildman–Crippen MR) is 68.5 cm³/mol. The van der Waals surface area contributed by atoms with Crippen molar-refractivity contribution in [2.24, 2.45) is 0 Å². The van der Waals surface area contributed by atoms with E-state index in [9.17, 15) is 14.4 Å². The van der Waals surface area contributed by atoms with Crippen LogP contribution in [0.5, 0.6) is 0 Å². The number of amides is 2. The van der Waals surface area contributed by atoms with Crippen molar-refractivity contribution in [3.63, 3.8) is 0 Å². The fourth-order valence-electron chi connectivity index (χ4n) is 1.62. The van der Waals surface area contributed by atoms with Crippen LogP contribution in [0.3, 0.4) is 0 Å². The Morgan fingerprint density at radius 1 is 1.18 bits per heavy atom. The Balaban J connectivity index is 2.40. The highest BCUT2D eigenvalue weighted by Gasteiger charge is 2.40. The van der Waals surface area contributed by atoms with Crippen LogP contribution in [0.25, 0.3) is 0 Å². The van der Waals surface area contributed by atoms with Gasteiger partial charge in [0.15, 0.2) is 10.7 Å². The summed E-state index contributed by atoms with van der Waals surface area (Å²) in [5, 5.41) is 0.0797. The van der Waals surface area contributed by atoms with Gasteiger partial charge in [-0.1, -0.05) is 44.0 Å². The maximum absolute atomic E-state index is 12.0. The Kier molecular flexibility index (Phi) is 3.44. The van der Waals surface area contributed by atoms with Crippen LogP contribution in [-0.2, 0) is 4.79 Å².